The van der Waals surface area contributed by atoms with Crippen LogP contribution in [0.3, 0.4) is 0 Å². The van der Waals surface area contributed by atoms with E-state index in [4.69, 9.17) is 32.7 Å². The van der Waals surface area contributed by atoms with Crippen molar-refractivity contribution >= 4 is 40.7 Å². The van der Waals surface area contributed by atoms with Crippen LogP contribution in [-0.4, -0.2) is 31.7 Å². The molecule has 148 valence electrons. The lowest BCUT2D eigenvalue weighted by atomic mass is 10.1. The van der Waals surface area contributed by atoms with E-state index in [-0.39, 0.29) is 6.54 Å². The molecule has 0 unspecified atom stereocenters. The van der Waals surface area contributed by atoms with Crippen molar-refractivity contribution in [2.24, 2.45) is 5.10 Å². The Morgan fingerprint density at radius 2 is 1.71 bits per heavy atom. The summed E-state index contributed by atoms with van der Waals surface area (Å²) in [5.41, 5.74) is 4.04. The summed E-state index contributed by atoms with van der Waals surface area (Å²) in [6, 6.07) is 10.1. The van der Waals surface area contributed by atoms with E-state index in [1.807, 2.05) is 0 Å². The highest BCUT2D eigenvalue weighted by Gasteiger charge is 2.14. The minimum atomic E-state index is -0.898. The molecule has 0 fully saturated rings. The fraction of sp³-hybridized carbons (Fsp3) is 0.211. The minimum Gasteiger partial charge on any atom is -0.493 e. The zero-order valence-corrected chi connectivity index (χ0v) is 17.0. The Morgan fingerprint density at radius 1 is 1.00 bits per heavy atom. The van der Waals surface area contributed by atoms with Crippen LogP contribution in [0, 0.1) is 0 Å². The zero-order chi connectivity index (χ0) is 20.7. The molecule has 0 saturated heterocycles. The molecule has 2 amide bonds. The average molecular weight is 424 g/mol. The molecular formula is C19H19Cl2N3O4. The van der Waals surface area contributed by atoms with Gasteiger partial charge in [-0.3, -0.25) is 9.59 Å². The van der Waals surface area contributed by atoms with Crippen LogP contribution in [0.15, 0.2) is 41.5 Å². The first kappa shape index (κ1) is 21.5. The van der Waals surface area contributed by atoms with Gasteiger partial charge in [0.2, 0.25) is 0 Å². The zero-order valence-electron chi connectivity index (χ0n) is 15.5. The Hall–Kier alpha value is -2.77. The van der Waals surface area contributed by atoms with Gasteiger partial charge in [-0.1, -0.05) is 29.3 Å². The molecule has 9 heteroatoms. The standard InChI is InChI=1S/C19H19Cl2N3O4/c1-11(12-5-7-16(27-2)17(8-12)28-3)23-24-19(26)18(25)22-10-13-4-6-14(20)9-15(13)21/h4-9H,10H2,1-3H3,(H,22,25)(H,24,26). The number of nitrogens with one attached hydrogen (secondary N) is 2. The maximum atomic E-state index is 11.9. The van der Waals surface area contributed by atoms with Crippen LogP contribution in [0.5, 0.6) is 11.5 Å². The summed E-state index contributed by atoms with van der Waals surface area (Å²) in [7, 11) is 3.06. The van der Waals surface area contributed by atoms with Gasteiger partial charge in [0, 0.05) is 22.2 Å². The van der Waals surface area contributed by atoms with Gasteiger partial charge in [0.05, 0.1) is 19.9 Å². The summed E-state index contributed by atoms with van der Waals surface area (Å²) in [6.45, 7) is 1.77. The van der Waals surface area contributed by atoms with Crippen LogP contribution >= 0.6 is 23.2 Å². The first-order valence-corrected chi connectivity index (χ1v) is 8.90. The first-order valence-electron chi connectivity index (χ1n) is 8.14. The van der Waals surface area contributed by atoms with Crippen LogP contribution in [0.25, 0.3) is 0 Å². The van der Waals surface area contributed by atoms with Crippen molar-refractivity contribution in [2.75, 3.05) is 14.2 Å². The van der Waals surface area contributed by atoms with Crippen LogP contribution in [0.2, 0.25) is 10.0 Å². The summed E-state index contributed by atoms with van der Waals surface area (Å²) in [5.74, 6) is -0.637. The van der Waals surface area contributed by atoms with E-state index >= 15 is 0 Å². The fourth-order valence-corrected chi connectivity index (χ4v) is 2.71. The van der Waals surface area contributed by atoms with E-state index in [9.17, 15) is 9.59 Å². The number of hydrogen-bond donors (Lipinski definition) is 2. The second kappa shape index (κ2) is 9.96. The molecule has 2 N–H and O–H groups in total. The SMILES string of the molecule is COc1ccc(C(C)=NNC(=O)C(=O)NCc2ccc(Cl)cc2Cl)cc1OC. The number of benzene rings is 2. The van der Waals surface area contributed by atoms with Crippen LogP contribution < -0.4 is 20.2 Å². The third-order valence-electron chi connectivity index (χ3n) is 3.79. The Labute approximate surface area is 172 Å². The number of rotatable bonds is 6. The van der Waals surface area contributed by atoms with Gasteiger partial charge < -0.3 is 14.8 Å². The molecule has 0 saturated carbocycles. The van der Waals surface area contributed by atoms with Gasteiger partial charge in [-0.15, -0.1) is 0 Å². The molecule has 0 bridgehead atoms. The normalized spacial score (nSPS) is 11.0. The van der Waals surface area contributed by atoms with Crippen molar-refractivity contribution < 1.29 is 19.1 Å². The third kappa shape index (κ3) is 5.61. The maximum Gasteiger partial charge on any atom is 0.329 e. The average Bonchev–Trinajstić information content (AvgIpc) is 2.70. The lowest BCUT2D eigenvalue weighted by Gasteiger charge is -2.09. The van der Waals surface area contributed by atoms with Crippen molar-refractivity contribution in [2.45, 2.75) is 13.5 Å². The molecule has 0 aliphatic carbocycles. The van der Waals surface area contributed by atoms with E-state index in [0.717, 1.165) is 0 Å². The second-order valence-corrected chi connectivity index (χ2v) is 6.47. The number of carbonyl (C=O) groups is 2. The quantitative estimate of drug-likeness (QED) is 0.424. The van der Waals surface area contributed by atoms with Gasteiger partial charge in [-0.25, -0.2) is 5.43 Å². The van der Waals surface area contributed by atoms with E-state index in [1.54, 1.807) is 43.3 Å². The number of hydrogen-bond acceptors (Lipinski definition) is 5. The first-order chi connectivity index (χ1) is 13.3. The van der Waals surface area contributed by atoms with Crippen molar-refractivity contribution in [3.8, 4) is 11.5 Å². The molecular weight excluding hydrogens is 405 g/mol. The van der Waals surface area contributed by atoms with Gasteiger partial charge in [-0.2, -0.15) is 5.10 Å². The molecule has 2 aromatic rings. The molecule has 0 aliphatic rings. The number of amides is 2. The van der Waals surface area contributed by atoms with Gasteiger partial charge in [0.25, 0.3) is 0 Å². The molecule has 2 aromatic carbocycles. The predicted molar refractivity (Wildman–Crippen MR) is 108 cm³/mol. The number of hydrazone groups is 1. The Kier molecular flexibility index (Phi) is 7.66. The largest absolute Gasteiger partial charge is 0.493 e. The molecule has 0 aliphatic heterocycles. The Bertz CT molecular complexity index is 916. The summed E-state index contributed by atoms with van der Waals surface area (Å²) in [6.07, 6.45) is 0. The fourth-order valence-electron chi connectivity index (χ4n) is 2.23. The monoisotopic (exact) mass is 423 g/mol. The van der Waals surface area contributed by atoms with Gasteiger partial charge >= 0.3 is 11.8 Å². The van der Waals surface area contributed by atoms with Crippen LogP contribution in [0.4, 0.5) is 0 Å². The highest BCUT2D eigenvalue weighted by atomic mass is 35.5. The molecule has 7 nitrogen and oxygen atoms in total. The topological polar surface area (TPSA) is 89.0 Å². The molecule has 0 aromatic heterocycles. The van der Waals surface area contributed by atoms with E-state index < -0.39 is 11.8 Å². The van der Waals surface area contributed by atoms with Crippen molar-refractivity contribution in [3.63, 3.8) is 0 Å². The lowest BCUT2D eigenvalue weighted by molar-refractivity contribution is -0.139. The number of nitrogens with zero attached hydrogens (tertiary/aromatic N) is 1. The van der Waals surface area contributed by atoms with Gasteiger partial charge in [0.1, 0.15) is 0 Å². The highest BCUT2D eigenvalue weighted by Crippen LogP contribution is 2.27. The van der Waals surface area contributed by atoms with Crippen molar-refractivity contribution in [1.82, 2.24) is 10.7 Å². The van der Waals surface area contributed by atoms with Crippen LogP contribution in [-0.2, 0) is 16.1 Å². The Morgan fingerprint density at radius 3 is 2.36 bits per heavy atom. The molecule has 0 radical (unpaired) electrons. The van der Waals surface area contributed by atoms with Gasteiger partial charge in [-0.05, 0) is 42.8 Å². The molecule has 0 atom stereocenters. The molecule has 0 spiro atoms. The third-order valence-corrected chi connectivity index (χ3v) is 4.37. The smallest absolute Gasteiger partial charge is 0.329 e. The summed E-state index contributed by atoms with van der Waals surface area (Å²) >= 11 is 11.9. The van der Waals surface area contributed by atoms with Crippen LogP contribution in [0.1, 0.15) is 18.1 Å². The maximum absolute atomic E-state index is 11.9. The van der Waals surface area contributed by atoms with E-state index in [1.165, 1.54) is 14.2 Å². The summed E-state index contributed by atoms with van der Waals surface area (Å²) < 4.78 is 10.4. The minimum absolute atomic E-state index is 0.0840. The number of halogens is 2. The van der Waals surface area contributed by atoms with Crippen molar-refractivity contribution in [3.05, 3.63) is 57.6 Å². The summed E-state index contributed by atoms with van der Waals surface area (Å²) in [5, 5.41) is 7.30. The van der Waals surface area contributed by atoms with E-state index in [2.05, 4.69) is 15.8 Å². The second-order valence-electron chi connectivity index (χ2n) is 5.63. The number of ether oxygens (including phenoxy) is 2. The van der Waals surface area contributed by atoms with Gasteiger partial charge in [0.15, 0.2) is 11.5 Å². The number of carbonyl (C=O) groups excluding carboxylic acids is 2. The summed E-state index contributed by atoms with van der Waals surface area (Å²) in [4.78, 5) is 23.9. The molecule has 28 heavy (non-hydrogen) atoms. The molecule has 0 heterocycles. The van der Waals surface area contributed by atoms with Crippen molar-refractivity contribution in [1.29, 1.82) is 0 Å². The predicted octanol–water partition coefficient (Wildman–Crippen LogP) is 3.17. The lowest BCUT2D eigenvalue weighted by Crippen LogP contribution is -2.37. The molecule has 2 rings (SSSR count). The Balaban J connectivity index is 1.96. The number of methoxy groups -OCH3 is 2. The highest BCUT2D eigenvalue weighted by molar-refractivity contribution is 6.36. The van der Waals surface area contributed by atoms with E-state index in [0.29, 0.717) is 38.4 Å².